The molecule has 0 radical (unpaired) electrons. The number of hydrogen-bond acceptors (Lipinski definition) is 3. The topological polar surface area (TPSA) is 58.6 Å². The predicted octanol–water partition coefficient (Wildman–Crippen LogP) is 3.44. The highest BCUT2D eigenvalue weighted by Gasteiger charge is 2.32. The van der Waals surface area contributed by atoms with Gasteiger partial charge in [-0.2, -0.15) is 0 Å². The Bertz CT molecular complexity index is 826. The fourth-order valence-electron chi connectivity index (χ4n) is 2.87. The van der Waals surface area contributed by atoms with Crippen molar-refractivity contribution in [3.05, 3.63) is 58.9 Å². The van der Waals surface area contributed by atoms with Crippen molar-refractivity contribution >= 4 is 29.1 Å². The van der Waals surface area contributed by atoms with Crippen LogP contribution in [0.1, 0.15) is 17.9 Å². The summed E-state index contributed by atoms with van der Waals surface area (Å²) in [4.78, 5) is 26.1. The van der Waals surface area contributed by atoms with Crippen molar-refractivity contribution < 1.29 is 18.7 Å². The molecule has 0 fully saturated rings. The van der Waals surface area contributed by atoms with Gasteiger partial charge in [0.15, 0.2) is 0 Å². The molecule has 0 aliphatic carbocycles. The molecule has 1 N–H and O–H groups in total. The van der Waals surface area contributed by atoms with Gasteiger partial charge < -0.3 is 15.0 Å². The quantitative estimate of drug-likeness (QED) is 0.869. The predicted molar refractivity (Wildman–Crippen MR) is 97.0 cm³/mol. The summed E-state index contributed by atoms with van der Waals surface area (Å²) in [7, 11) is 1.66. The molecular formula is C19H18ClFN2O3. The maximum atomic E-state index is 13.4. The van der Waals surface area contributed by atoms with Crippen molar-refractivity contribution in [1.29, 1.82) is 0 Å². The van der Waals surface area contributed by atoms with E-state index in [9.17, 15) is 14.0 Å². The second kappa shape index (κ2) is 7.74. The molecule has 1 heterocycles. The van der Waals surface area contributed by atoms with E-state index in [4.69, 9.17) is 16.3 Å². The largest absolute Gasteiger partial charge is 0.492 e. The number of carbonyl (C=O) groups excluding carboxylic acids is 2. The Hall–Kier alpha value is -2.60. The highest BCUT2D eigenvalue weighted by molar-refractivity contribution is 6.30. The number of benzene rings is 2. The number of amides is 2. The number of ether oxygens (including phenoxy) is 1. The van der Waals surface area contributed by atoms with E-state index in [0.29, 0.717) is 35.2 Å². The summed E-state index contributed by atoms with van der Waals surface area (Å²) in [6.45, 7) is 0.662. The van der Waals surface area contributed by atoms with E-state index in [0.717, 1.165) is 0 Å². The Morgan fingerprint density at radius 3 is 2.77 bits per heavy atom. The van der Waals surface area contributed by atoms with Gasteiger partial charge in [0.1, 0.15) is 18.2 Å². The molecule has 5 nitrogen and oxygen atoms in total. The van der Waals surface area contributed by atoms with Crippen LogP contribution in [0.3, 0.4) is 0 Å². The summed E-state index contributed by atoms with van der Waals surface area (Å²) in [6.07, 6.45) is 0.0415. The SMILES string of the molecule is CN(CCOc1ccc(Cl)cc1)C(=O)C1CC(=O)Nc2cc(F)ccc21. The average molecular weight is 377 g/mol. The molecule has 0 bridgehead atoms. The van der Waals surface area contributed by atoms with Crippen LogP contribution in [-0.4, -0.2) is 36.9 Å². The zero-order valence-corrected chi connectivity index (χ0v) is 14.9. The van der Waals surface area contributed by atoms with Crippen LogP contribution in [0, 0.1) is 5.82 Å². The van der Waals surface area contributed by atoms with Crippen LogP contribution in [0.25, 0.3) is 0 Å². The minimum atomic E-state index is -0.625. The van der Waals surface area contributed by atoms with Crippen LogP contribution in [0.5, 0.6) is 5.75 Å². The molecule has 2 aromatic carbocycles. The van der Waals surface area contributed by atoms with Crippen LogP contribution in [-0.2, 0) is 9.59 Å². The summed E-state index contributed by atoms with van der Waals surface area (Å²) in [6, 6.07) is 11.0. The first kappa shape index (κ1) is 18.2. The van der Waals surface area contributed by atoms with Crippen molar-refractivity contribution in [2.24, 2.45) is 0 Å². The lowest BCUT2D eigenvalue weighted by atomic mass is 9.89. The van der Waals surface area contributed by atoms with Crippen LogP contribution < -0.4 is 10.1 Å². The highest BCUT2D eigenvalue weighted by Crippen LogP contribution is 2.33. The fraction of sp³-hybridized carbons (Fsp3) is 0.263. The third-order valence-electron chi connectivity index (χ3n) is 4.24. The molecule has 0 spiro atoms. The normalized spacial score (nSPS) is 15.8. The van der Waals surface area contributed by atoms with Gasteiger partial charge in [-0.1, -0.05) is 17.7 Å². The van der Waals surface area contributed by atoms with Gasteiger partial charge in [0.25, 0.3) is 0 Å². The average Bonchev–Trinajstić information content (AvgIpc) is 2.61. The summed E-state index contributed by atoms with van der Waals surface area (Å²) < 4.78 is 19.0. The maximum absolute atomic E-state index is 13.4. The Morgan fingerprint density at radius 1 is 1.31 bits per heavy atom. The number of rotatable bonds is 5. The van der Waals surface area contributed by atoms with E-state index in [-0.39, 0.29) is 18.2 Å². The first-order valence-corrected chi connectivity index (χ1v) is 8.54. The molecule has 7 heteroatoms. The van der Waals surface area contributed by atoms with E-state index in [1.54, 1.807) is 37.4 Å². The van der Waals surface area contributed by atoms with Crippen LogP contribution >= 0.6 is 11.6 Å². The monoisotopic (exact) mass is 376 g/mol. The fourth-order valence-corrected chi connectivity index (χ4v) is 2.99. The van der Waals surface area contributed by atoms with Gasteiger partial charge >= 0.3 is 0 Å². The zero-order valence-electron chi connectivity index (χ0n) is 14.2. The lowest BCUT2D eigenvalue weighted by molar-refractivity contribution is -0.134. The molecule has 0 aromatic heterocycles. The van der Waals surface area contributed by atoms with Gasteiger partial charge in [-0.15, -0.1) is 0 Å². The second-order valence-corrected chi connectivity index (χ2v) is 6.54. The van der Waals surface area contributed by atoms with Crippen LogP contribution in [0.2, 0.25) is 5.02 Å². The molecule has 1 atom stereocenters. The number of likely N-dealkylation sites (N-methyl/N-ethyl adjacent to an activating group) is 1. The van der Waals surface area contributed by atoms with Crippen LogP contribution in [0.15, 0.2) is 42.5 Å². The van der Waals surface area contributed by atoms with Gasteiger partial charge in [-0.25, -0.2) is 4.39 Å². The minimum absolute atomic E-state index is 0.0415. The molecule has 2 amide bonds. The Balaban J connectivity index is 1.63. The van der Waals surface area contributed by atoms with Gasteiger partial charge in [-0.3, -0.25) is 9.59 Å². The third-order valence-corrected chi connectivity index (χ3v) is 4.49. The third kappa shape index (κ3) is 4.14. The van der Waals surface area contributed by atoms with Gasteiger partial charge in [0, 0.05) is 24.2 Å². The van der Waals surface area contributed by atoms with Gasteiger partial charge in [-0.05, 0) is 42.0 Å². The van der Waals surface area contributed by atoms with E-state index in [1.165, 1.54) is 17.0 Å². The molecule has 0 saturated heterocycles. The molecule has 26 heavy (non-hydrogen) atoms. The summed E-state index contributed by atoms with van der Waals surface area (Å²) in [5, 5.41) is 3.23. The van der Waals surface area contributed by atoms with E-state index >= 15 is 0 Å². The van der Waals surface area contributed by atoms with Crippen molar-refractivity contribution in [2.45, 2.75) is 12.3 Å². The lowest BCUT2D eigenvalue weighted by Crippen LogP contribution is -2.38. The van der Waals surface area contributed by atoms with Crippen LogP contribution in [0.4, 0.5) is 10.1 Å². The zero-order chi connectivity index (χ0) is 18.7. The Labute approximate surface area is 155 Å². The highest BCUT2D eigenvalue weighted by atomic mass is 35.5. The standard InChI is InChI=1S/C19H18ClFN2O3/c1-23(8-9-26-14-5-2-12(20)3-6-14)19(25)16-11-18(24)22-17-10-13(21)4-7-15(16)17/h2-7,10,16H,8-9,11H2,1H3,(H,22,24). The van der Waals surface area contributed by atoms with E-state index < -0.39 is 11.7 Å². The number of fused-ring (bicyclic) bond motifs is 1. The summed E-state index contributed by atoms with van der Waals surface area (Å²) in [5.41, 5.74) is 0.979. The number of nitrogens with zero attached hydrogens (tertiary/aromatic N) is 1. The first-order valence-electron chi connectivity index (χ1n) is 8.16. The van der Waals surface area contributed by atoms with Crippen molar-refractivity contribution in [3.8, 4) is 5.75 Å². The minimum Gasteiger partial charge on any atom is -0.492 e. The summed E-state index contributed by atoms with van der Waals surface area (Å²) >= 11 is 5.82. The smallest absolute Gasteiger partial charge is 0.230 e. The maximum Gasteiger partial charge on any atom is 0.230 e. The lowest BCUT2D eigenvalue weighted by Gasteiger charge is -2.28. The van der Waals surface area contributed by atoms with Gasteiger partial charge in [0.05, 0.1) is 12.5 Å². The summed E-state index contributed by atoms with van der Waals surface area (Å²) in [5.74, 6) is -0.922. The number of hydrogen-bond donors (Lipinski definition) is 1. The number of nitrogens with one attached hydrogen (secondary N) is 1. The molecule has 1 aliphatic heterocycles. The van der Waals surface area contributed by atoms with E-state index in [2.05, 4.69) is 5.32 Å². The molecule has 1 aliphatic rings. The molecule has 3 rings (SSSR count). The first-order chi connectivity index (χ1) is 12.4. The number of halogens is 2. The molecule has 1 unspecified atom stereocenters. The number of carbonyl (C=O) groups is 2. The number of anilines is 1. The Morgan fingerprint density at radius 2 is 2.04 bits per heavy atom. The molecule has 136 valence electrons. The Kier molecular flexibility index (Phi) is 5.42. The second-order valence-electron chi connectivity index (χ2n) is 6.10. The molecule has 0 saturated carbocycles. The van der Waals surface area contributed by atoms with Crippen molar-refractivity contribution in [3.63, 3.8) is 0 Å². The van der Waals surface area contributed by atoms with Gasteiger partial charge in [0.2, 0.25) is 11.8 Å². The van der Waals surface area contributed by atoms with Crippen molar-refractivity contribution in [1.82, 2.24) is 4.90 Å². The van der Waals surface area contributed by atoms with E-state index in [1.807, 2.05) is 0 Å². The molecule has 2 aromatic rings. The van der Waals surface area contributed by atoms with Crippen molar-refractivity contribution in [2.75, 3.05) is 25.5 Å². The molecular weight excluding hydrogens is 359 g/mol.